The van der Waals surface area contributed by atoms with E-state index in [2.05, 4.69) is 40.3 Å². The maximum Gasteiger partial charge on any atom is 2.00 e. The molecule has 0 radical (unpaired) electrons. The van der Waals surface area contributed by atoms with E-state index in [4.69, 9.17) is 0 Å². The van der Waals surface area contributed by atoms with Crippen LogP contribution in [-0.2, 0) is 20.4 Å². The summed E-state index contributed by atoms with van der Waals surface area (Å²) in [4.78, 5) is 16.9. The molecular weight excluding hydrogens is 459 g/mol. The van der Waals surface area contributed by atoms with Gasteiger partial charge in [0.1, 0.15) is 0 Å². The van der Waals surface area contributed by atoms with Gasteiger partial charge in [0.05, 0.1) is 23.0 Å². The van der Waals surface area contributed by atoms with E-state index >= 15 is 0 Å². The van der Waals surface area contributed by atoms with Crippen LogP contribution in [0.5, 0.6) is 0 Å². The number of pyridine rings is 2. The van der Waals surface area contributed by atoms with Gasteiger partial charge in [-0.1, -0.05) is 51.5 Å². The van der Waals surface area contributed by atoms with Gasteiger partial charge in [0, 0.05) is 12.4 Å². The van der Waals surface area contributed by atoms with Crippen molar-refractivity contribution >= 4 is 0 Å². The minimum atomic E-state index is 0. The topological polar surface area (TPSA) is 106 Å². The van der Waals surface area contributed by atoms with Crippen LogP contribution in [0.2, 0.25) is 0 Å². The Kier molecular flexibility index (Phi) is 8.31. The Balaban J connectivity index is 0.000000200. The van der Waals surface area contributed by atoms with Crippen LogP contribution in [0.4, 0.5) is 0 Å². The smallest absolute Gasteiger partial charge is 0.420 e. The molecule has 0 unspecified atom stereocenters. The summed E-state index contributed by atoms with van der Waals surface area (Å²) in [6.45, 7) is 8.16. The van der Waals surface area contributed by atoms with E-state index < -0.39 is 0 Å². The Bertz CT molecular complexity index is 898. The fraction of sp³-hybridized carbons (Fsp3) is 0.300. The molecule has 0 aromatic carbocycles. The van der Waals surface area contributed by atoms with Crippen molar-refractivity contribution in [1.82, 2.24) is 40.3 Å². The second-order valence-electron chi connectivity index (χ2n) is 6.73. The molecule has 0 N–H and O–H groups in total. The molecule has 0 saturated carbocycles. The van der Waals surface area contributed by atoms with E-state index in [0.717, 1.165) is 23.0 Å². The normalized spacial score (nSPS) is 10.4. The maximum absolute atomic E-state index is 4.30. The first-order valence-electron chi connectivity index (χ1n) is 9.12. The van der Waals surface area contributed by atoms with Crippen LogP contribution in [0, 0.1) is 0 Å². The van der Waals surface area contributed by atoms with Gasteiger partial charge >= 0.3 is 20.4 Å². The van der Waals surface area contributed by atoms with E-state index in [1.165, 1.54) is 0 Å². The van der Waals surface area contributed by atoms with Crippen molar-refractivity contribution in [2.24, 2.45) is 0 Å². The summed E-state index contributed by atoms with van der Waals surface area (Å²) in [6, 6.07) is 11.3. The minimum Gasteiger partial charge on any atom is -0.420 e. The van der Waals surface area contributed by atoms with Crippen LogP contribution < -0.4 is 10.2 Å². The van der Waals surface area contributed by atoms with E-state index in [9.17, 15) is 0 Å². The third-order valence-corrected chi connectivity index (χ3v) is 3.76. The van der Waals surface area contributed by atoms with E-state index in [-0.39, 0.29) is 20.4 Å². The van der Waals surface area contributed by atoms with Crippen molar-refractivity contribution < 1.29 is 20.4 Å². The summed E-state index contributed by atoms with van der Waals surface area (Å²) in [5.74, 6) is 3.36. The summed E-state index contributed by atoms with van der Waals surface area (Å²) in [7, 11) is 0. The standard InChI is InChI=1S/2C10H11N4.Pd/c2*1-7(2)9-12-10(14-13-9)8-5-3-4-6-11-8;/h2*3-7H,1-2H3;/q2*-1;+2. The second kappa shape index (κ2) is 10.7. The molecule has 0 spiro atoms. The molecule has 4 aromatic rings. The number of nitrogens with zero attached hydrogens (tertiary/aromatic N) is 8. The zero-order valence-electron chi connectivity index (χ0n) is 16.7. The van der Waals surface area contributed by atoms with Crippen LogP contribution in [0.25, 0.3) is 23.0 Å². The first-order valence-corrected chi connectivity index (χ1v) is 9.12. The quantitative estimate of drug-likeness (QED) is 0.410. The van der Waals surface area contributed by atoms with Crippen molar-refractivity contribution in [3.05, 3.63) is 60.4 Å². The average Bonchev–Trinajstić information content (AvgIpc) is 3.40. The van der Waals surface area contributed by atoms with Crippen molar-refractivity contribution in [1.29, 1.82) is 0 Å². The van der Waals surface area contributed by atoms with Gasteiger partial charge in [-0.15, -0.1) is 0 Å². The van der Waals surface area contributed by atoms with E-state index in [1.54, 1.807) is 12.4 Å². The summed E-state index contributed by atoms with van der Waals surface area (Å²) >= 11 is 0. The van der Waals surface area contributed by atoms with Crippen molar-refractivity contribution in [3.8, 4) is 23.0 Å². The Morgan fingerprint density at radius 1 is 0.655 bits per heavy atom. The number of hydrogen-bond acceptors (Lipinski definition) is 6. The molecule has 0 aliphatic carbocycles. The molecule has 4 rings (SSSR count). The van der Waals surface area contributed by atoms with Crippen LogP contribution in [0.15, 0.2) is 48.8 Å². The first kappa shape index (κ1) is 22.5. The van der Waals surface area contributed by atoms with Gasteiger partial charge in [-0.05, 0) is 36.1 Å². The summed E-state index contributed by atoms with van der Waals surface area (Å²) in [5.41, 5.74) is 1.54. The van der Waals surface area contributed by atoms with Crippen molar-refractivity contribution in [3.63, 3.8) is 0 Å². The molecular formula is C20H22N8Pd. The molecule has 152 valence electrons. The van der Waals surface area contributed by atoms with Crippen molar-refractivity contribution in [2.75, 3.05) is 0 Å². The van der Waals surface area contributed by atoms with Crippen LogP contribution in [0.1, 0.15) is 51.2 Å². The fourth-order valence-electron chi connectivity index (χ4n) is 2.20. The predicted molar refractivity (Wildman–Crippen MR) is 105 cm³/mol. The Morgan fingerprint density at radius 2 is 1.07 bits per heavy atom. The number of rotatable bonds is 4. The van der Waals surface area contributed by atoms with E-state index in [0.29, 0.717) is 23.5 Å². The van der Waals surface area contributed by atoms with E-state index in [1.807, 2.05) is 64.1 Å². The molecule has 0 fully saturated rings. The number of hydrogen-bond donors (Lipinski definition) is 0. The van der Waals surface area contributed by atoms with Gasteiger partial charge in [0.2, 0.25) is 0 Å². The van der Waals surface area contributed by atoms with Gasteiger partial charge in [0.15, 0.2) is 0 Å². The van der Waals surface area contributed by atoms with Crippen LogP contribution in [-0.4, -0.2) is 30.1 Å². The van der Waals surface area contributed by atoms with Gasteiger partial charge in [-0.25, -0.2) is 0 Å². The van der Waals surface area contributed by atoms with Crippen molar-refractivity contribution in [2.45, 2.75) is 39.5 Å². The Labute approximate surface area is 183 Å². The molecule has 0 bridgehead atoms. The monoisotopic (exact) mass is 480 g/mol. The molecule has 0 aliphatic heterocycles. The average molecular weight is 481 g/mol. The third kappa shape index (κ3) is 6.11. The second-order valence-corrected chi connectivity index (χ2v) is 6.73. The zero-order chi connectivity index (χ0) is 19.9. The Morgan fingerprint density at radius 3 is 1.34 bits per heavy atom. The molecule has 0 aliphatic rings. The van der Waals surface area contributed by atoms with Gasteiger partial charge in [0.25, 0.3) is 0 Å². The van der Waals surface area contributed by atoms with Gasteiger partial charge < -0.3 is 20.2 Å². The fourth-order valence-corrected chi connectivity index (χ4v) is 2.20. The summed E-state index contributed by atoms with van der Waals surface area (Å²) < 4.78 is 0. The minimum absolute atomic E-state index is 0. The SMILES string of the molecule is CC(C)c1nc(-c2ccccn2)n[n-]1.CC(C)c1nc(-c2ccccn2)n[n-]1.[Pd+2]. The first-order chi connectivity index (χ1) is 13.5. The third-order valence-electron chi connectivity index (χ3n) is 3.76. The molecule has 4 heterocycles. The summed E-state index contributed by atoms with van der Waals surface area (Å²) in [6.07, 6.45) is 3.45. The molecule has 9 heteroatoms. The van der Waals surface area contributed by atoms with Crippen LogP contribution >= 0.6 is 0 Å². The number of aromatic nitrogens is 8. The Hall–Kier alpha value is -2.76. The van der Waals surface area contributed by atoms with Gasteiger partial charge in [-0.2, -0.15) is 0 Å². The molecule has 8 nitrogen and oxygen atoms in total. The molecule has 0 saturated heterocycles. The molecule has 0 atom stereocenters. The molecule has 4 aromatic heterocycles. The molecule has 0 amide bonds. The summed E-state index contributed by atoms with van der Waals surface area (Å²) in [5, 5.41) is 16.0. The maximum atomic E-state index is 4.30. The zero-order valence-corrected chi connectivity index (χ0v) is 18.2. The van der Waals surface area contributed by atoms with Crippen LogP contribution in [0.3, 0.4) is 0 Å². The molecule has 29 heavy (non-hydrogen) atoms. The largest absolute Gasteiger partial charge is 2.00 e. The predicted octanol–water partition coefficient (Wildman–Crippen LogP) is 3.24. The van der Waals surface area contributed by atoms with Gasteiger partial charge in [-0.3, -0.25) is 20.2 Å².